The molecule has 0 spiro atoms. The molecule has 1 aliphatic carbocycles. The fraction of sp³-hybridized carbons (Fsp3) is 0.667. The summed E-state index contributed by atoms with van der Waals surface area (Å²) in [6, 6.07) is 2.07. The lowest BCUT2D eigenvalue weighted by Gasteiger charge is -2.39. The van der Waals surface area contributed by atoms with E-state index in [1.165, 1.54) is 18.1 Å². The number of rotatable bonds is 7. The number of aryl methyl sites for hydroxylation is 1. The van der Waals surface area contributed by atoms with Gasteiger partial charge in [-0.15, -0.1) is 0 Å². The van der Waals surface area contributed by atoms with Crippen LogP contribution in [0.25, 0.3) is 0 Å². The van der Waals surface area contributed by atoms with E-state index in [2.05, 4.69) is 39.8 Å². The van der Waals surface area contributed by atoms with Gasteiger partial charge in [0.1, 0.15) is 6.10 Å². The van der Waals surface area contributed by atoms with E-state index in [0.717, 1.165) is 31.2 Å². The highest BCUT2D eigenvalue weighted by atomic mass is 16.7. The van der Waals surface area contributed by atoms with Crippen molar-refractivity contribution in [2.24, 2.45) is 5.92 Å². The van der Waals surface area contributed by atoms with Gasteiger partial charge in [-0.2, -0.15) is 0 Å². The van der Waals surface area contributed by atoms with Crippen LogP contribution in [-0.4, -0.2) is 52.5 Å². The number of aliphatic hydroxyl groups is 2. The summed E-state index contributed by atoms with van der Waals surface area (Å²) < 4.78 is 16.8. The van der Waals surface area contributed by atoms with Gasteiger partial charge in [0.2, 0.25) is 6.29 Å². The van der Waals surface area contributed by atoms with Crippen molar-refractivity contribution < 1.29 is 34.3 Å². The summed E-state index contributed by atoms with van der Waals surface area (Å²) in [5.41, 5.74) is 4.14. The van der Waals surface area contributed by atoms with Crippen LogP contribution in [-0.2, 0) is 14.3 Å². The second kappa shape index (κ2) is 11.1. The molecule has 1 aromatic carbocycles. The molecule has 190 valence electrons. The number of carbonyl (C=O) groups excluding carboxylic acids is 1. The van der Waals surface area contributed by atoms with Crippen LogP contribution in [0.15, 0.2) is 17.7 Å². The molecule has 0 saturated carbocycles. The first-order chi connectivity index (χ1) is 16.0. The summed E-state index contributed by atoms with van der Waals surface area (Å²) in [5, 5.41) is 31.9. The van der Waals surface area contributed by atoms with Gasteiger partial charge in [0.05, 0.1) is 6.61 Å². The molecule has 1 heterocycles. The molecular weight excluding hydrogens is 436 g/mol. The zero-order valence-corrected chi connectivity index (χ0v) is 21.2. The monoisotopic (exact) mass is 476 g/mol. The average Bonchev–Trinajstić information content (AvgIpc) is 2.75. The molecular formula is C27H40O7. The molecule has 7 heteroatoms. The van der Waals surface area contributed by atoms with E-state index in [1.807, 2.05) is 6.92 Å². The van der Waals surface area contributed by atoms with Crippen molar-refractivity contribution in [2.45, 2.75) is 104 Å². The largest absolute Gasteiger partial charge is 0.504 e. The zero-order valence-electron chi connectivity index (χ0n) is 21.2. The summed E-state index contributed by atoms with van der Waals surface area (Å²) in [4.78, 5) is 11.4. The molecule has 0 bridgehead atoms. The number of carbonyl (C=O) groups is 1. The minimum Gasteiger partial charge on any atom is -0.504 e. The van der Waals surface area contributed by atoms with Crippen LogP contribution in [0, 0.1) is 12.8 Å². The van der Waals surface area contributed by atoms with Crippen molar-refractivity contribution in [2.75, 3.05) is 6.61 Å². The van der Waals surface area contributed by atoms with Gasteiger partial charge in [0.25, 0.3) is 0 Å². The number of aliphatic hydroxyl groups excluding tert-OH is 2. The van der Waals surface area contributed by atoms with Gasteiger partial charge in [-0.3, -0.25) is 4.79 Å². The number of esters is 1. The van der Waals surface area contributed by atoms with E-state index >= 15 is 0 Å². The van der Waals surface area contributed by atoms with Crippen molar-refractivity contribution in [3.8, 4) is 11.5 Å². The molecule has 1 fully saturated rings. The maximum atomic E-state index is 11.4. The average molecular weight is 477 g/mol. The highest BCUT2D eigenvalue weighted by molar-refractivity contribution is 5.66. The maximum absolute atomic E-state index is 11.4. The molecule has 3 rings (SSSR count). The Morgan fingerprint density at radius 1 is 1.26 bits per heavy atom. The third kappa shape index (κ3) is 5.75. The Balaban J connectivity index is 1.92. The van der Waals surface area contributed by atoms with Crippen molar-refractivity contribution in [3.05, 3.63) is 34.4 Å². The van der Waals surface area contributed by atoms with E-state index in [0.29, 0.717) is 23.1 Å². The predicted octanol–water partition coefficient (Wildman–Crippen LogP) is 4.45. The Morgan fingerprint density at radius 2 is 1.97 bits per heavy atom. The Bertz CT molecular complexity index is 905. The third-order valence-corrected chi connectivity index (χ3v) is 7.14. The first kappa shape index (κ1) is 26.5. The highest BCUT2D eigenvalue weighted by Gasteiger charge is 2.44. The summed E-state index contributed by atoms with van der Waals surface area (Å²) in [7, 11) is 0. The van der Waals surface area contributed by atoms with Crippen LogP contribution in [0.4, 0.5) is 0 Å². The SMILES string of the molecule is CC(=O)O[C@H]1[C@H](O)COC(Oc2c(O)c(C)cc3c2[C@@H](C)CC[C@@H]3[C@@H](C)CCC=C(C)C)[C@H]1O. The predicted molar refractivity (Wildman–Crippen MR) is 129 cm³/mol. The van der Waals surface area contributed by atoms with Gasteiger partial charge in [-0.25, -0.2) is 0 Å². The van der Waals surface area contributed by atoms with Gasteiger partial charge < -0.3 is 29.5 Å². The molecule has 7 nitrogen and oxygen atoms in total. The second-order valence-corrected chi connectivity index (χ2v) is 10.2. The lowest BCUT2D eigenvalue weighted by molar-refractivity contribution is -0.249. The van der Waals surface area contributed by atoms with Crippen molar-refractivity contribution in [1.29, 1.82) is 0 Å². The number of aromatic hydroxyl groups is 1. The summed E-state index contributed by atoms with van der Waals surface area (Å²) in [5.74, 6) is 0.677. The van der Waals surface area contributed by atoms with Crippen molar-refractivity contribution in [3.63, 3.8) is 0 Å². The Labute approximate surface area is 202 Å². The molecule has 0 amide bonds. The molecule has 0 radical (unpaired) electrons. The van der Waals surface area contributed by atoms with Crippen molar-refractivity contribution in [1.82, 2.24) is 0 Å². The van der Waals surface area contributed by atoms with Crippen LogP contribution in [0.3, 0.4) is 0 Å². The van der Waals surface area contributed by atoms with Crippen LogP contribution in [0.2, 0.25) is 0 Å². The van der Waals surface area contributed by atoms with Gasteiger partial charge in [0, 0.05) is 12.5 Å². The van der Waals surface area contributed by atoms with Gasteiger partial charge >= 0.3 is 5.97 Å². The molecule has 3 N–H and O–H groups in total. The number of hydrogen-bond donors (Lipinski definition) is 3. The molecule has 1 unspecified atom stereocenters. The molecule has 1 aromatic rings. The minimum absolute atomic E-state index is 0.0226. The normalized spacial score (nSPS) is 29.6. The maximum Gasteiger partial charge on any atom is 0.303 e. The molecule has 1 saturated heterocycles. The number of phenols is 1. The molecule has 7 atom stereocenters. The van der Waals surface area contributed by atoms with Crippen LogP contribution >= 0.6 is 0 Å². The van der Waals surface area contributed by atoms with Crippen LogP contribution < -0.4 is 4.74 Å². The number of benzene rings is 1. The number of ether oxygens (including phenoxy) is 3. The second-order valence-electron chi connectivity index (χ2n) is 10.2. The number of hydrogen-bond acceptors (Lipinski definition) is 7. The number of phenolic OH excluding ortho intramolecular Hbond substituents is 1. The number of fused-ring (bicyclic) bond motifs is 1. The Hall–Kier alpha value is -2.09. The fourth-order valence-electron chi connectivity index (χ4n) is 5.24. The summed E-state index contributed by atoms with van der Waals surface area (Å²) >= 11 is 0. The Kier molecular flexibility index (Phi) is 8.66. The van der Waals surface area contributed by atoms with E-state index in [-0.39, 0.29) is 18.3 Å². The smallest absolute Gasteiger partial charge is 0.303 e. The standard InChI is InChI=1S/C27H40O7/c1-14(2)8-7-9-15(3)19-11-10-16(4)22-20(19)12-17(5)23(30)26(22)34-27-24(31)25(33-18(6)28)21(29)13-32-27/h8,12,15-16,19,21,24-25,27,29-31H,7,9-11,13H2,1-6H3/t15-,16-,19+,21+,24-,25-,27?/m0/s1. The highest BCUT2D eigenvalue weighted by Crippen LogP contribution is 2.51. The van der Waals surface area contributed by atoms with Crippen molar-refractivity contribution >= 4 is 5.97 Å². The third-order valence-electron chi connectivity index (χ3n) is 7.14. The molecule has 2 aliphatic rings. The van der Waals surface area contributed by atoms with E-state index in [1.54, 1.807) is 0 Å². The van der Waals surface area contributed by atoms with E-state index in [4.69, 9.17) is 14.2 Å². The first-order valence-corrected chi connectivity index (χ1v) is 12.3. The number of allylic oxidation sites excluding steroid dienone is 2. The van der Waals surface area contributed by atoms with Gasteiger partial charge in [-0.05, 0) is 75.3 Å². The van der Waals surface area contributed by atoms with E-state index in [9.17, 15) is 20.1 Å². The molecule has 0 aromatic heterocycles. The fourth-order valence-corrected chi connectivity index (χ4v) is 5.24. The topological polar surface area (TPSA) is 105 Å². The van der Waals surface area contributed by atoms with Gasteiger partial charge in [-0.1, -0.05) is 31.6 Å². The lowest BCUT2D eigenvalue weighted by Crippen LogP contribution is -2.56. The van der Waals surface area contributed by atoms with Crippen LogP contribution in [0.1, 0.15) is 88.8 Å². The molecule has 1 aliphatic heterocycles. The zero-order chi connectivity index (χ0) is 25.2. The Morgan fingerprint density at radius 3 is 2.62 bits per heavy atom. The first-order valence-electron chi connectivity index (χ1n) is 12.3. The minimum atomic E-state index is -1.40. The quantitative estimate of drug-likeness (QED) is 0.394. The van der Waals surface area contributed by atoms with Gasteiger partial charge in [0.15, 0.2) is 23.7 Å². The van der Waals surface area contributed by atoms with Crippen LogP contribution in [0.5, 0.6) is 11.5 Å². The summed E-state index contributed by atoms with van der Waals surface area (Å²) in [6.07, 6.45) is 1.49. The summed E-state index contributed by atoms with van der Waals surface area (Å²) in [6.45, 7) is 11.5. The lowest BCUT2D eigenvalue weighted by atomic mass is 9.70. The molecule has 34 heavy (non-hydrogen) atoms. The van der Waals surface area contributed by atoms with E-state index < -0.39 is 30.6 Å².